The lowest BCUT2D eigenvalue weighted by atomic mass is 9.46. The monoisotopic (exact) mass is 342 g/mol. The number of hydrogen-bond donors (Lipinski definition) is 0. The minimum Gasteiger partial charge on any atom is -0.300 e. The summed E-state index contributed by atoms with van der Waals surface area (Å²) in [7, 11) is 0. The van der Waals surface area contributed by atoms with Gasteiger partial charge in [0.05, 0.1) is 11.8 Å². The average molecular weight is 342 g/mol. The molecule has 7 atom stereocenters. The molecule has 25 heavy (non-hydrogen) atoms. The summed E-state index contributed by atoms with van der Waals surface area (Å²) in [5.41, 5.74) is 0.750. The first-order valence-corrected chi connectivity index (χ1v) is 9.97. The van der Waals surface area contributed by atoms with Crippen LogP contribution in [0.1, 0.15) is 66.2 Å². The molecule has 0 amide bonds. The van der Waals surface area contributed by atoms with Gasteiger partial charge in [-0.15, -0.1) is 0 Å². The lowest BCUT2D eigenvalue weighted by Crippen LogP contribution is -2.54. The van der Waals surface area contributed by atoms with Crippen molar-refractivity contribution in [3.8, 4) is 0 Å². The third kappa shape index (κ3) is 2.13. The first-order valence-electron chi connectivity index (χ1n) is 9.97. The van der Waals surface area contributed by atoms with E-state index in [1.807, 2.05) is 0 Å². The van der Waals surface area contributed by atoms with Gasteiger partial charge in [-0.1, -0.05) is 19.4 Å². The SMILES string of the molecule is CC(=O)C1C(C)C[C@H]2[C@@H]3CCC4=CC(=O)CC(=O)[C@]4(C)[C@H]3CC[C@]12C. The highest BCUT2D eigenvalue weighted by atomic mass is 16.2. The van der Waals surface area contributed by atoms with Crippen molar-refractivity contribution in [3.05, 3.63) is 11.6 Å². The molecule has 136 valence electrons. The van der Waals surface area contributed by atoms with Crippen LogP contribution in [0.3, 0.4) is 0 Å². The van der Waals surface area contributed by atoms with Gasteiger partial charge < -0.3 is 0 Å². The number of fused-ring (bicyclic) bond motifs is 5. The molecule has 0 aromatic carbocycles. The normalized spacial score (nSPS) is 49.1. The third-order valence-corrected chi connectivity index (χ3v) is 8.62. The highest BCUT2D eigenvalue weighted by Gasteiger charge is 2.62. The van der Waals surface area contributed by atoms with Crippen LogP contribution in [0.15, 0.2) is 11.6 Å². The van der Waals surface area contributed by atoms with E-state index in [-0.39, 0.29) is 29.3 Å². The van der Waals surface area contributed by atoms with E-state index < -0.39 is 5.41 Å². The maximum absolute atomic E-state index is 12.9. The highest BCUT2D eigenvalue weighted by Crippen LogP contribution is 2.67. The van der Waals surface area contributed by atoms with Crippen LogP contribution < -0.4 is 0 Å². The molecule has 4 aliphatic rings. The summed E-state index contributed by atoms with van der Waals surface area (Å²) in [6, 6.07) is 0. The molecule has 0 bridgehead atoms. The predicted molar refractivity (Wildman–Crippen MR) is 95.8 cm³/mol. The molecule has 3 saturated carbocycles. The van der Waals surface area contributed by atoms with E-state index in [1.54, 1.807) is 13.0 Å². The van der Waals surface area contributed by atoms with Crippen molar-refractivity contribution in [2.45, 2.75) is 66.2 Å². The zero-order valence-corrected chi connectivity index (χ0v) is 15.9. The fourth-order valence-corrected chi connectivity index (χ4v) is 7.65. The van der Waals surface area contributed by atoms with Crippen LogP contribution in [0.25, 0.3) is 0 Å². The smallest absolute Gasteiger partial charge is 0.163 e. The summed E-state index contributed by atoms with van der Waals surface area (Å²) >= 11 is 0. The van der Waals surface area contributed by atoms with Crippen LogP contribution in [-0.4, -0.2) is 17.3 Å². The molecule has 0 heterocycles. The van der Waals surface area contributed by atoms with Crippen molar-refractivity contribution >= 4 is 17.3 Å². The van der Waals surface area contributed by atoms with E-state index in [1.165, 1.54) is 0 Å². The minimum atomic E-state index is -0.435. The Morgan fingerprint density at radius 1 is 1.16 bits per heavy atom. The second-order valence-electron chi connectivity index (χ2n) is 9.70. The van der Waals surface area contributed by atoms with Crippen molar-refractivity contribution in [1.29, 1.82) is 0 Å². The van der Waals surface area contributed by atoms with E-state index in [2.05, 4.69) is 20.8 Å². The molecule has 2 unspecified atom stereocenters. The van der Waals surface area contributed by atoms with Crippen LogP contribution in [0.4, 0.5) is 0 Å². The number of allylic oxidation sites excluding steroid dienone is 1. The molecule has 3 fully saturated rings. The number of carbonyl (C=O) groups excluding carboxylic acids is 3. The van der Waals surface area contributed by atoms with Crippen LogP contribution in [0, 0.1) is 40.4 Å². The molecule has 0 N–H and O–H groups in total. The first-order chi connectivity index (χ1) is 11.7. The van der Waals surface area contributed by atoms with Gasteiger partial charge in [-0.2, -0.15) is 0 Å². The second kappa shape index (κ2) is 5.37. The van der Waals surface area contributed by atoms with Crippen LogP contribution in [-0.2, 0) is 14.4 Å². The molecule has 3 heteroatoms. The van der Waals surface area contributed by atoms with Crippen LogP contribution >= 0.6 is 0 Å². The van der Waals surface area contributed by atoms with E-state index in [0.29, 0.717) is 29.5 Å². The fraction of sp³-hybridized carbons (Fsp3) is 0.773. The van der Waals surface area contributed by atoms with Crippen molar-refractivity contribution in [1.82, 2.24) is 0 Å². The number of ketones is 3. The molecule has 4 rings (SSSR count). The summed E-state index contributed by atoms with van der Waals surface area (Å²) in [6.07, 6.45) is 6.98. The van der Waals surface area contributed by atoms with Gasteiger partial charge in [0.25, 0.3) is 0 Å². The molecule has 0 saturated heterocycles. The quantitative estimate of drug-likeness (QED) is 0.673. The fourth-order valence-electron chi connectivity index (χ4n) is 7.65. The summed E-state index contributed by atoms with van der Waals surface area (Å²) in [6.45, 7) is 8.45. The molecule has 0 aromatic heterocycles. The lowest BCUT2D eigenvalue weighted by Gasteiger charge is -2.57. The average Bonchev–Trinajstić information content (AvgIpc) is 2.79. The van der Waals surface area contributed by atoms with E-state index in [9.17, 15) is 14.4 Å². The van der Waals surface area contributed by atoms with Crippen molar-refractivity contribution in [3.63, 3.8) is 0 Å². The highest BCUT2D eigenvalue weighted by molar-refractivity contribution is 6.11. The Morgan fingerprint density at radius 3 is 2.56 bits per heavy atom. The number of carbonyl (C=O) groups is 3. The summed E-state index contributed by atoms with van der Waals surface area (Å²) < 4.78 is 0. The van der Waals surface area contributed by atoms with Gasteiger partial charge in [0.15, 0.2) is 11.6 Å². The van der Waals surface area contributed by atoms with Gasteiger partial charge in [-0.3, -0.25) is 14.4 Å². The Balaban J connectivity index is 1.73. The molecule has 3 nitrogen and oxygen atoms in total. The molecular formula is C22H30O3. The molecular weight excluding hydrogens is 312 g/mol. The van der Waals surface area contributed by atoms with Crippen LogP contribution in [0.5, 0.6) is 0 Å². The summed E-state index contributed by atoms with van der Waals surface area (Å²) in [5.74, 6) is 2.50. The Hall–Kier alpha value is -1.25. The number of hydrogen-bond acceptors (Lipinski definition) is 3. The topological polar surface area (TPSA) is 51.2 Å². The number of rotatable bonds is 1. The van der Waals surface area contributed by atoms with E-state index in [0.717, 1.165) is 37.7 Å². The zero-order valence-electron chi connectivity index (χ0n) is 15.9. The Morgan fingerprint density at radius 2 is 1.88 bits per heavy atom. The summed E-state index contributed by atoms with van der Waals surface area (Å²) in [4.78, 5) is 37.2. The van der Waals surface area contributed by atoms with Gasteiger partial charge in [0.2, 0.25) is 0 Å². The van der Waals surface area contributed by atoms with Gasteiger partial charge in [0, 0.05) is 5.92 Å². The van der Waals surface area contributed by atoms with E-state index in [4.69, 9.17) is 0 Å². The molecule has 4 aliphatic carbocycles. The zero-order chi connectivity index (χ0) is 18.1. The largest absolute Gasteiger partial charge is 0.300 e. The lowest BCUT2D eigenvalue weighted by molar-refractivity contribution is -0.142. The Labute approximate surface area is 150 Å². The second-order valence-corrected chi connectivity index (χ2v) is 9.70. The minimum absolute atomic E-state index is 0.0114. The Kier molecular flexibility index (Phi) is 3.69. The van der Waals surface area contributed by atoms with Crippen molar-refractivity contribution in [2.24, 2.45) is 40.4 Å². The maximum Gasteiger partial charge on any atom is 0.163 e. The molecule has 0 aromatic rings. The molecule has 0 radical (unpaired) electrons. The number of Topliss-reactive ketones (excluding diaryl/α,β-unsaturated/α-hetero) is 2. The van der Waals surface area contributed by atoms with Crippen molar-refractivity contribution in [2.75, 3.05) is 0 Å². The van der Waals surface area contributed by atoms with Crippen molar-refractivity contribution < 1.29 is 14.4 Å². The first kappa shape index (κ1) is 17.2. The van der Waals surface area contributed by atoms with Gasteiger partial charge in [0.1, 0.15) is 5.78 Å². The predicted octanol–water partition coefficient (Wildman–Crippen LogP) is 4.15. The van der Waals surface area contributed by atoms with Gasteiger partial charge in [-0.05, 0) is 81.1 Å². The van der Waals surface area contributed by atoms with Gasteiger partial charge >= 0.3 is 0 Å². The molecule has 0 aliphatic heterocycles. The standard InChI is InChI=1S/C22H30O3/c1-12-9-18-16-6-5-14-10-15(24)11-19(25)22(14,4)17(16)7-8-21(18,3)20(12)13(2)23/h10,12,16-18,20H,5-9,11H2,1-4H3/t12?,16-,17+,18+,20?,21+,22+/m1/s1. The maximum atomic E-state index is 12.9. The third-order valence-electron chi connectivity index (χ3n) is 8.62. The van der Waals surface area contributed by atoms with Gasteiger partial charge in [-0.25, -0.2) is 0 Å². The molecule has 0 spiro atoms. The van der Waals surface area contributed by atoms with E-state index >= 15 is 0 Å². The summed E-state index contributed by atoms with van der Waals surface area (Å²) in [5, 5.41) is 0. The van der Waals surface area contributed by atoms with Crippen LogP contribution in [0.2, 0.25) is 0 Å². The Bertz CT molecular complexity index is 689.